The summed E-state index contributed by atoms with van der Waals surface area (Å²) in [7, 11) is -2.49. The molecular weight excluding hydrogens is 407 g/mol. The highest BCUT2D eigenvalue weighted by molar-refractivity contribution is 7.89. The molecule has 8 heteroatoms. The van der Waals surface area contributed by atoms with E-state index in [1.54, 1.807) is 30.3 Å². The van der Waals surface area contributed by atoms with E-state index >= 15 is 0 Å². The van der Waals surface area contributed by atoms with E-state index in [1.807, 2.05) is 24.3 Å². The van der Waals surface area contributed by atoms with E-state index in [0.29, 0.717) is 0 Å². The number of nitrogens with zero attached hydrogens (tertiary/aromatic N) is 1. The van der Waals surface area contributed by atoms with Crippen LogP contribution in [0.4, 0.5) is 5.69 Å². The monoisotopic (exact) mass is 422 g/mol. The summed E-state index contributed by atoms with van der Waals surface area (Å²) in [5, 5.41) is 4.84. The zero-order chi connectivity index (χ0) is 19.6. The maximum absolute atomic E-state index is 12.8. The molecule has 0 aromatic heterocycles. The van der Waals surface area contributed by atoms with Crippen LogP contribution in [0.3, 0.4) is 0 Å². The predicted molar refractivity (Wildman–Crippen MR) is 109 cm³/mol. The SMILES string of the molecule is CN(CC(=O)Nc1c(Cl)cccc1Cl)S(=O)(=O)c1ccc2ccccc2c1. The molecule has 0 saturated carbocycles. The molecule has 0 radical (unpaired) electrons. The minimum absolute atomic E-state index is 0.118. The number of carbonyl (C=O) groups excluding carboxylic acids is 1. The normalized spacial score (nSPS) is 11.7. The van der Waals surface area contributed by atoms with Crippen molar-refractivity contribution in [2.24, 2.45) is 0 Å². The molecule has 0 heterocycles. The fraction of sp³-hybridized carbons (Fsp3) is 0.105. The number of likely N-dealkylation sites (N-methyl/N-ethyl adjacent to an activating group) is 1. The van der Waals surface area contributed by atoms with Gasteiger partial charge in [0.05, 0.1) is 27.2 Å². The van der Waals surface area contributed by atoms with Gasteiger partial charge in [-0.25, -0.2) is 8.42 Å². The summed E-state index contributed by atoms with van der Waals surface area (Å²) in [6.07, 6.45) is 0. The summed E-state index contributed by atoms with van der Waals surface area (Å²) in [5.41, 5.74) is 0.252. The standard InChI is InChI=1S/C19H16Cl2N2O3S/c1-23(12-18(24)22-19-16(20)7-4-8-17(19)21)27(25,26)15-10-9-13-5-2-3-6-14(13)11-15/h2-11H,12H2,1H3,(H,22,24). The quantitative estimate of drug-likeness (QED) is 0.661. The van der Waals surface area contributed by atoms with Crippen molar-refractivity contribution in [3.05, 3.63) is 70.7 Å². The van der Waals surface area contributed by atoms with Crippen LogP contribution >= 0.6 is 23.2 Å². The lowest BCUT2D eigenvalue weighted by molar-refractivity contribution is -0.116. The largest absolute Gasteiger partial charge is 0.322 e. The topological polar surface area (TPSA) is 66.5 Å². The summed E-state index contributed by atoms with van der Waals surface area (Å²) in [4.78, 5) is 12.4. The molecule has 5 nitrogen and oxygen atoms in total. The highest BCUT2D eigenvalue weighted by atomic mass is 35.5. The second kappa shape index (κ2) is 7.86. The minimum Gasteiger partial charge on any atom is -0.322 e. The first-order chi connectivity index (χ1) is 12.8. The molecular formula is C19H16Cl2N2O3S. The first kappa shape index (κ1) is 19.6. The van der Waals surface area contributed by atoms with E-state index in [9.17, 15) is 13.2 Å². The Morgan fingerprint density at radius 1 is 0.963 bits per heavy atom. The molecule has 27 heavy (non-hydrogen) atoms. The number of amides is 1. The van der Waals surface area contributed by atoms with E-state index in [0.717, 1.165) is 15.1 Å². The molecule has 3 aromatic carbocycles. The van der Waals surface area contributed by atoms with Gasteiger partial charge in [0.15, 0.2) is 0 Å². The molecule has 0 spiro atoms. The lowest BCUT2D eigenvalue weighted by atomic mass is 10.1. The molecule has 0 atom stereocenters. The number of anilines is 1. The number of para-hydroxylation sites is 1. The second-order valence-corrected chi connectivity index (χ2v) is 8.77. The lowest BCUT2D eigenvalue weighted by Crippen LogP contribution is -2.35. The van der Waals surface area contributed by atoms with Crippen LogP contribution in [0.15, 0.2) is 65.6 Å². The Labute approximate surface area is 167 Å². The Balaban J connectivity index is 1.79. The summed E-state index contributed by atoms with van der Waals surface area (Å²) in [5.74, 6) is -0.545. The van der Waals surface area contributed by atoms with E-state index in [2.05, 4.69) is 5.32 Å². The average Bonchev–Trinajstić information content (AvgIpc) is 2.64. The van der Waals surface area contributed by atoms with Gasteiger partial charge in [0.1, 0.15) is 0 Å². The highest BCUT2D eigenvalue weighted by Crippen LogP contribution is 2.29. The van der Waals surface area contributed by atoms with Crippen LogP contribution < -0.4 is 5.32 Å². The maximum atomic E-state index is 12.8. The third-order valence-corrected chi connectivity index (χ3v) is 6.45. The molecule has 3 aromatic rings. The van der Waals surface area contributed by atoms with Crippen molar-refractivity contribution in [3.63, 3.8) is 0 Å². The number of rotatable bonds is 5. The Kier molecular flexibility index (Phi) is 5.72. The number of nitrogens with one attached hydrogen (secondary N) is 1. The van der Waals surface area contributed by atoms with E-state index < -0.39 is 15.9 Å². The van der Waals surface area contributed by atoms with Crippen molar-refractivity contribution < 1.29 is 13.2 Å². The van der Waals surface area contributed by atoms with E-state index in [-0.39, 0.29) is 27.2 Å². The molecule has 0 fully saturated rings. The van der Waals surface area contributed by atoms with E-state index in [4.69, 9.17) is 23.2 Å². The van der Waals surface area contributed by atoms with Crippen molar-refractivity contribution in [2.45, 2.75) is 4.90 Å². The highest BCUT2D eigenvalue weighted by Gasteiger charge is 2.23. The fourth-order valence-electron chi connectivity index (χ4n) is 2.59. The molecule has 1 N–H and O–H groups in total. The van der Waals surface area contributed by atoms with E-state index in [1.165, 1.54) is 13.1 Å². The Hall–Kier alpha value is -2.12. The van der Waals surface area contributed by atoms with Gasteiger partial charge in [-0.2, -0.15) is 4.31 Å². The maximum Gasteiger partial charge on any atom is 0.243 e. The van der Waals surface area contributed by atoms with Gasteiger partial charge in [0.25, 0.3) is 0 Å². The fourth-order valence-corrected chi connectivity index (χ4v) is 4.25. The molecule has 0 saturated heterocycles. The molecule has 0 aliphatic carbocycles. The van der Waals surface area contributed by atoms with Gasteiger partial charge in [0, 0.05) is 7.05 Å². The smallest absolute Gasteiger partial charge is 0.243 e. The van der Waals surface area contributed by atoms with Gasteiger partial charge in [0.2, 0.25) is 15.9 Å². The zero-order valence-electron chi connectivity index (χ0n) is 14.3. The van der Waals surface area contributed by atoms with Gasteiger partial charge in [-0.05, 0) is 35.0 Å². The number of sulfonamides is 1. The summed E-state index contributed by atoms with van der Waals surface area (Å²) in [6.45, 7) is -0.378. The number of halogens is 2. The minimum atomic E-state index is -3.83. The summed E-state index contributed by atoms with van der Waals surface area (Å²) >= 11 is 12.0. The van der Waals surface area contributed by atoms with Crippen molar-refractivity contribution in [1.29, 1.82) is 0 Å². The van der Waals surface area contributed by atoms with Crippen LogP contribution in [0.25, 0.3) is 10.8 Å². The Morgan fingerprint density at radius 2 is 1.59 bits per heavy atom. The Bertz CT molecular complexity index is 1100. The van der Waals surface area contributed by atoms with Gasteiger partial charge >= 0.3 is 0 Å². The number of fused-ring (bicyclic) bond motifs is 1. The number of hydrogen-bond acceptors (Lipinski definition) is 3. The van der Waals surface area contributed by atoms with Crippen LogP contribution in [0.1, 0.15) is 0 Å². The predicted octanol–water partition coefficient (Wildman–Crippen LogP) is 4.41. The van der Waals surface area contributed by atoms with Crippen LogP contribution in [0, 0.1) is 0 Å². The molecule has 0 aliphatic rings. The number of carbonyl (C=O) groups is 1. The van der Waals surface area contributed by atoms with Crippen molar-refractivity contribution in [2.75, 3.05) is 18.9 Å². The van der Waals surface area contributed by atoms with Crippen molar-refractivity contribution >= 4 is 55.6 Å². The van der Waals surface area contributed by atoms with Gasteiger partial charge in [-0.15, -0.1) is 0 Å². The molecule has 0 unspecified atom stereocenters. The van der Waals surface area contributed by atoms with Gasteiger partial charge < -0.3 is 5.32 Å². The average molecular weight is 423 g/mol. The lowest BCUT2D eigenvalue weighted by Gasteiger charge is -2.18. The third kappa shape index (κ3) is 4.25. The van der Waals surface area contributed by atoms with Gasteiger partial charge in [-0.3, -0.25) is 4.79 Å². The number of hydrogen-bond donors (Lipinski definition) is 1. The van der Waals surface area contributed by atoms with Crippen LogP contribution in [0.5, 0.6) is 0 Å². The van der Waals surface area contributed by atoms with Crippen LogP contribution in [-0.4, -0.2) is 32.2 Å². The summed E-state index contributed by atoms with van der Waals surface area (Å²) in [6, 6.07) is 17.1. The third-order valence-electron chi connectivity index (χ3n) is 4.02. The summed E-state index contributed by atoms with van der Waals surface area (Å²) < 4.78 is 26.6. The second-order valence-electron chi connectivity index (χ2n) is 5.91. The van der Waals surface area contributed by atoms with Crippen LogP contribution in [-0.2, 0) is 14.8 Å². The molecule has 3 rings (SSSR count). The first-order valence-electron chi connectivity index (χ1n) is 7.98. The molecule has 0 bridgehead atoms. The van der Waals surface area contributed by atoms with Crippen molar-refractivity contribution in [1.82, 2.24) is 4.31 Å². The zero-order valence-corrected chi connectivity index (χ0v) is 16.6. The van der Waals surface area contributed by atoms with Crippen LogP contribution in [0.2, 0.25) is 10.0 Å². The molecule has 0 aliphatic heterocycles. The van der Waals surface area contributed by atoms with Crippen molar-refractivity contribution in [3.8, 4) is 0 Å². The Morgan fingerprint density at radius 3 is 2.26 bits per heavy atom. The first-order valence-corrected chi connectivity index (χ1v) is 10.2. The van der Waals surface area contributed by atoms with Gasteiger partial charge in [-0.1, -0.05) is 59.6 Å². The number of benzene rings is 3. The molecule has 140 valence electrons. The molecule has 1 amide bonds.